The molecule has 3 N–H and O–H groups in total. The molecule has 0 spiro atoms. The van der Waals surface area contributed by atoms with Crippen molar-refractivity contribution in [2.75, 3.05) is 6.61 Å². The van der Waals surface area contributed by atoms with Crippen LogP contribution in [0.5, 0.6) is 0 Å². The second-order valence-electron chi connectivity index (χ2n) is 1.69. The van der Waals surface area contributed by atoms with Crippen molar-refractivity contribution in [3.05, 3.63) is 0 Å². The number of rotatable bonds is 1. The maximum Gasteiger partial charge on any atom is 0.145 e. The van der Waals surface area contributed by atoms with Crippen LogP contribution in [-0.2, 0) is 0 Å². The van der Waals surface area contributed by atoms with E-state index in [4.69, 9.17) is 10.2 Å². The zero-order chi connectivity index (χ0) is 7.98. The van der Waals surface area contributed by atoms with E-state index in [1.165, 1.54) is 0 Å². The van der Waals surface area contributed by atoms with Gasteiger partial charge in [-0.05, 0) is 0 Å². The van der Waals surface area contributed by atoms with E-state index in [9.17, 15) is 0 Å². The smallest absolute Gasteiger partial charge is 0.145 e. The molecule has 4 nitrogen and oxygen atoms in total. The zero-order valence-corrected chi connectivity index (χ0v) is 6.33. The lowest BCUT2D eigenvalue weighted by molar-refractivity contribution is 0.157. The van der Waals surface area contributed by atoms with Crippen LogP contribution >= 0.6 is 0 Å². The van der Waals surface area contributed by atoms with Gasteiger partial charge >= 0.3 is 0 Å². The second kappa shape index (κ2) is 5.20. The van der Waals surface area contributed by atoms with Crippen molar-refractivity contribution < 1.29 is 10.2 Å². The molecule has 1 atom stereocenters. The van der Waals surface area contributed by atoms with Crippen molar-refractivity contribution in [1.29, 1.82) is 0 Å². The van der Waals surface area contributed by atoms with Crippen molar-refractivity contribution in [3.8, 4) is 0 Å². The monoisotopic (exact) mass is 146 g/mol. The summed E-state index contributed by atoms with van der Waals surface area (Å²) in [4.78, 5) is 0. The van der Waals surface area contributed by atoms with Crippen LogP contribution in [0.2, 0.25) is 0 Å². The molecular formula is C6H14N2O2. The summed E-state index contributed by atoms with van der Waals surface area (Å²) in [6, 6.07) is 0. The summed E-state index contributed by atoms with van der Waals surface area (Å²) in [6.07, 6.45) is -0.145. The topological polar surface area (TPSA) is 64.9 Å². The molecule has 0 amide bonds. The minimum Gasteiger partial charge on any atom is -0.390 e. The first-order chi connectivity index (χ1) is 4.83. The third-order valence-electron chi connectivity index (χ3n) is 0.983. The highest BCUT2D eigenvalue weighted by molar-refractivity contribution is 5.86. The van der Waals surface area contributed by atoms with E-state index in [-0.39, 0.29) is 6.61 Å². The Balaban J connectivity index is 0.000000371. The normalized spacial score (nSPS) is 22.4. The van der Waals surface area contributed by atoms with Gasteiger partial charge in [-0.15, -0.1) is 0 Å². The molecule has 0 radical (unpaired) electrons. The van der Waals surface area contributed by atoms with E-state index in [2.05, 4.69) is 10.5 Å². The van der Waals surface area contributed by atoms with E-state index in [1.807, 2.05) is 13.8 Å². The molecule has 10 heavy (non-hydrogen) atoms. The molecule has 0 aromatic heterocycles. The average molecular weight is 146 g/mol. The molecule has 1 unspecified atom stereocenters. The standard InChI is InChI=1S/C4H8N2O2.C2H6/c7-2-3-1-4(8)6-5-3;1-2/h4,6-8H,1-2H2;1-2H3. The van der Waals surface area contributed by atoms with E-state index in [0.29, 0.717) is 12.1 Å². The van der Waals surface area contributed by atoms with E-state index in [0.717, 1.165) is 0 Å². The third kappa shape index (κ3) is 2.80. The van der Waals surface area contributed by atoms with Crippen LogP contribution in [0.25, 0.3) is 0 Å². The number of nitrogens with zero attached hydrogens (tertiary/aromatic N) is 1. The van der Waals surface area contributed by atoms with Crippen LogP contribution in [-0.4, -0.2) is 28.8 Å². The van der Waals surface area contributed by atoms with Crippen LogP contribution in [0.3, 0.4) is 0 Å². The molecule has 0 aromatic carbocycles. The zero-order valence-electron chi connectivity index (χ0n) is 6.33. The lowest BCUT2D eigenvalue weighted by atomic mass is 10.3. The summed E-state index contributed by atoms with van der Waals surface area (Å²) in [5.74, 6) is 0. The molecule has 1 rings (SSSR count). The number of aliphatic hydroxyl groups is 2. The quantitative estimate of drug-likeness (QED) is 0.474. The highest BCUT2D eigenvalue weighted by Gasteiger charge is 2.12. The molecule has 0 bridgehead atoms. The highest BCUT2D eigenvalue weighted by atomic mass is 16.3. The Bertz CT molecular complexity index is 114. The molecule has 0 saturated carbocycles. The van der Waals surface area contributed by atoms with Crippen LogP contribution in [0, 0.1) is 0 Å². The molecule has 0 fully saturated rings. The van der Waals surface area contributed by atoms with Gasteiger partial charge in [-0.25, -0.2) is 0 Å². The maximum absolute atomic E-state index is 8.69. The van der Waals surface area contributed by atoms with Crippen molar-refractivity contribution in [2.45, 2.75) is 26.5 Å². The Labute approximate surface area is 60.6 Å². The van der Waals surface area contributed by atoms with Gasteiger partial charge in [0.05, 0.1) is 12.3 Å². The SMILES string of the molecule is CC.OCC1=NNC(O)C1. The van der Waals surface area contributed by atoms with Crippen LogP contribution in [0.15, 0.2) is 5.10 Å². The number of aliphatic hydroxyl groups excluding tert-OH is 2. The van der Waals surface area contributed by atoms with Crippen molar-refractivity contribution in [1.82, 2.24) is 5.43 Å². The summed E-state index contributed by atoms with van der Waals surface area (Å²) >= 11 is 0. The van der Waals surface area contributed by atoms with Gasteiger partial charge in [0, 0.05) is 6.42 Å². The predicted molar refractivity (Wildman–Crippen MR) is 39.6 cm³/mol. The van der Waals surface area contributed by atoms with Gasteiger partial charge < -0.3 is 10.2 Å². The lowest BCUT2D eigenvalue weighted by Crippen LogP contribution is -2.17. The number of hydrogen-bond donors (Lipinski definition) is 3. The minimum absolute atomic E-state index is 0.0654. The van der Waals surface area contributed by atoms with Gasteiger partial charge in [-0.3, -0.25) is 5.43 Å². The molecular weight excluding hydrogens is 132 g/mol. The molecule has 60 valence electrons. The summed E-state index contributed by atoms with van der Waals surface area (Å²) in [7, 11) is 0. The van der Waals surface area contributed by atoms with Crippen LogP contribution in [0.4, 0.5) is 0 Å². The predicted octanol–water partition coefficient (Wildman–Crippen LogP) is -0.327. The van der Waals surface area contributed by atoms with Crippen molar-refractivity contribution in [3.63, 3.8) is 0 Å². The Morgan fingerprint density at radius 2 is 2.30 bits per heavy atom. The van der Waals surface area contributed by atoms with E-state index >= 15 is 0 Å². The minimum atomic E-state index is -0.586. The Kier molecular flexibility index (Phi) is 4.88. The highest BCUT2D eigenvalue weighted by Crippen LogP contribution is 1.97. The largest absolute Gasteiger partial charge is 0.390 e. The number of hydrogen-bond acceptors (Lipinski definition) is 4. The fourth-order valence-electron chi connectivity index (χ4n) is 0.580. The van der Waals surface area contributed by atoms with Gasteiger partial charge in [-0.1, -0.05) is 13.8 Å². The molecule has 0 saturated heterocycles. The van der Waals surface area contributed by atoms with Gasteiger partial charge in [0.15, 0.2) is 0 Å². The Morgan fingerprint density at radius 3 is 2.50 bits per heavy atom. The molecule has 0 aromatic rings. The maximum atomic E-state index is 8.69. The number of nitrogens with one attached hydrogen (secondary N) is 1. The van der Waals surface area contributed by atoms with E-state index < -0.39 is 6.23 Å². The lowest BCUT2D eigenvalue weighted by Gasteiger charge is -1.95. The molecule has 0 aliphatic carbocycles. The van der Waals surface area contributed by atoms with E-state index in [1.54, 1.807) is 0 Å². The fraction of sp³-hybridized carbons (Fsp3) is 0.833. The van der Waals surface area contributed by atoms with Gasteiger partial charge in [-0.2, -0.15) is 5.10 Å². The molecule has 1 aliphatic heterocycles. The summed E-state index contributed by atoms with van der Waals surface area (Å²) in [5, 5.41) is 20.7. The fourth-order valence-corrected chi connectivity index (χ4v) is 0.580. The summed E-state index contributed by atoms with van der Waals surface area (Å²) < 4.78 is 0. The first kappa shape index (κ1) is 9.39. The molecule has 1 aliphatic rings. The van der Waals surface area contributed by atoms with Crippen molar-refractivity contribution in [2.24, 2.45) is 5.10 Å². The van der Waals surface area contributed by atoms with Crippen LogP contribution in [0.1, 0.15) is 20.3 Å². The summed E-state index contributed by atoms with van der Waals surface area (Å²) in [6.45, 7) is 3.93. The van der Waals surface area contributed by atoms with Crippen molar-refractivity contribution >= 4 is 5.71 Å². The Hall–Kier alpha value is -0.610. The van der Waals surface area contributed by atoms with Gasteiger partial charge in [0.1, 0.15) is 6.23 Å². The van der Waals surface area contributed by atoms with Gasteiger partial charge in [0.25, 0.3) is 0 Å². The van der Waals surface area contributed by atoms with Gasteiger partial charge in [0.2, 0.25) is 0 Å². The first-order valence-electron chi connectivity index (χ1n) is 3.43. The first-order valence-corrected chi connectivity index (χ1v) is 3.43. The third-order valence-corrected chi connectivity index (χ3v) is 0.983. The molecule has 1 heterocycles. The molecule has 4 heteroatoms. The second-order valence-corrected chi connectivity index (χ2v) is 1.69. The average Bonchev–Trinajstić information content (AvgIpc) is 2.40. The van der Waals surface area contributed by atoms with Crippen LogP contribution < -0.4 is 5.43 Å². The number of hydrazone groups is 1. The summed E-state index contributed by atoms with van der Waals surface area (Å²) in [5.41, 5.74) is 3.01. The Morgan fingerprint density at radius 1 is 1.70 bits per heavy atom.